The topological polar surface area (TPSA) is 84.5 Å². The number of hydrogen-bond donors (Lipinski definition) is 2. The van der Waals surface area contributed by atoms with E-state index in [4.69, 9.17) is 4.74 Å². The first-order valence-electron chi connectivity index (χ1n) is 9.58. The number of amides is 2. The average Bonchev–Trinajstić information content (AvgIpc) is 2.75. The van der Waals surface area contributed by atoms with Gasteiger partial charge < -0.3 is 15.4 Å². The van der Waals surface area contributed by atoms with Crippen LogP contribution in [0.25, 0.3) is 0 Å². The summed E-state index contributed by atoms with van der Waals surface area (Å²) in [4.78, 5) is 36.8. The van der Waals surface area contributed by atoms with Gasteiger partial charge >= 0.3 is 5.97 Å². The minimum absolute atomic E-state index is 0.000208. The maximum absolute atomic E-state index is 13.8. The molecule has 0 spiro atoms. The van der Waals surface area contributed by atoms with Gasteiger partial charge in [-0.1, -0.05) is 48.5 Å². The summed E-state index contributed by atoms with van der Waals surface area (Å²) < 4.78 is 18.9. The number of halogens is 1. The van der Waals surface area contributed by atoms with Gasteiger partial charge in [-0.15, -0.1) is 0 Å². The lowest BCUT2D eigenvalue weighted by molar-refractivity contribution is -0.119. The number of carbonyl (C=O) groups excluding carboxylic acids is 3. The molecule has 0 aliphatic heterocycles. The quantitative estimate of drug-likeness (QED) is 0.564. The normalized spacial score (nSPS) is 10.3. The molecule has 0 aliphatic rings. The summed E-state index contributed by atoms with van der Waals surface area (Å²) in [5.74, 6) is -2.33. The Hall–Kier alpha value is -4.00. The minimum Gasteiger partial charge on any atom is -0.452 e. The van der Waals surface area contributed by atoms with Crippen molar-refractivity contribution in [3.63, 3.8) is 0 Å². The van der Waals surface area contributed by atoms with E-state index in [1.807, 2.05) is 30.3 Å². The number of esters is 1. The lowest BCUT2D eigenvalue weighted by Gasteiger charge is -2.11. The molecule has 0 saturated carbocycles. The molecular formula is C24H21FN2O4. The molecule has 3 aromatic rings. The number of anilines is 2. The predicted octanol–water partition coefficient (Wildman–Crippen LogP) is 4.11. The molecule has 31 heavy (non-hydrogen) atoms. The van der Waals surface area contributed by atoms with Crippen LogP contribution in [0.4, 0.5) is 15.8 Å². The van der Waals surface area contributed by atoms with Gasteiger partial charge in [-0.25, -0.2) is 9.18 Å². The highest BCUT2D eigenvalue weighted by Gasteiger charge is 2.16. The number of aryl methyl sites for hydroxylation is 1. The third-order valence-corrected chi connectivity index (χ3v) is 4.36. The van der Waals surface area contributed by atoms with Gasteiger partial charge in [0.25, 0.3) is 5.91 Å². The Labute approximate surface area is 179 Å². The molecule has 0 fully saturated rings. The summed E-state index contributed by atoms with van der Waals surface area (Å²) in [5.41, 5.74) is 1.93. The molecular weight excluding hydrogens is 399 g/mol. The molecule has 2 amide bonds. The van der Waals surface area contributed by atoms with E-state index in [9.17, 15) is 18.8 Å². The number of hydrogen-bond acceptors (Lipinski definition) is 4. The number of ether oxygens (including phenoxy) is 1. The first-order chi connectivity index (χ1) is 14.9. The molecule has 158 valence electrons. The van der Waals surface area contributed by atoms with Crippen molar-refractivity contribution in [2.75, 3.05) is 17.2 Å². The second-order valence-corrected chi connectivity index (χ2v) is 6.86. The van der Waals surface area contributed by atoms with Crippen molar-refractivity contribution in [2.24, 2.45) is 0 Å². The molecule has 0 bridgehead atoms. The summed E-state index contributed by atoms with van der Waals surface area (Å²) in [6, 6.07) is 19.9. The Kier molecular flexibility index (Phi) is 7.11. The van der Waals surface area contributed by atoms with E-state index in [-0.39, 0.29) is 29.3 Å². The molecule has 0 heterocycles. The number of carbonyl (C=O) groups is 3. The predicted molar refractivity (Wildman–Crippen MR) is 115 cm³/mol. The van der Waals surface area contributed by atoms with Crippen LogP contribution in [0.1, 0.15) is 21.5 Å². The molecule has 0 unspecified atom stereocenters. The molecule has 0 atom stereocenters. The maximum Gasteiger partial charge on any atom is 0.340 e. The zero-order valence-electron chi connectivity index (χ0n) is 16.9. The zero-order chi connectivity index (χ0) is 22.2. The Morgan fingerprint density at radius 1 is 0.839 bits per heavy atom. The monoisotopic (exact) mass is 420 g/mol. The SMILES string of the molecule is Cc1ccc(NC(=O)COC(=O)c2ccccc2NC(=O)Cc2ccccc2)c(F)c1. The average molecular weight is 420 g/mol. The summed E-state index contributed by atoms with van der Waals surface area (Å²) >= 11 is 0. The molecule has 7 heteroatoms. The van der Waals surface area contributed by atoms with E-state index in [1.165, 1.54) is 18.2 Å². The zero-order valence-corrected chi connectivity index (χ0v) is 16.9. The first kappa shape index (κ1) is 21.7. The second kappa shape index (κ2) is 10.2. The number of para-hydroxylation sites is 1. The Morgan fingerprint density at radius 2 is 1.52 bits per heavy atom. The standard InChI is InChI=1S/C24H21FN2O4/c1-16-11-12-21(19(25)13-16)27-23(29)15-31-24(30)18-9-5-6-10-20(18)26-22(28)14-17-7-3-2-4-8-17/h2-13H,14-15H2,1H3,(H,26,28)(H,27,29). The highest BCUT2D eigenvalue weighted by Crippen LogP contribution is 2.18. The lowest BCUT2D eigenvalue weighted by atomic mass is 10.1. The third kappa shape index (κ3) is 6.24. The van der Waals surface area contributed by atoms with Crippen molar-refractivity contribution in [3.8, 4) is 0 Å². The van der Waals surface area contributed by atoms with Crippen LogP contribution in [0.3, 0.4) is 0 Å². The fourth-order valence-electron chi connectivity index (χ4n) is 2.86. The van der Waals surface area contributed by atoms with Crippen LogP contribution < -0.4 is 10.6 Å². The van der Waals surface area contributed by atoms with Crippen molar-refractivity contribution in [2.45, 2.75) is 13.3 Å². The lowest BCUT2D eigenvalue weighted by Crippen LogP contribution is -2.22. The molecule has 0 aliphatic carbocycles. The van der Waals surface area contributed by atoms with Gasteiger partial charge in [-0.2, -0.15) is 0 Å². The molecule has 3 aromatic carbocycles. The summed E-state index contributed by atoms with van der Waals surface area (Å²) in [5, 5.41) is 5.05. The van der Waals surface area contributed by atoms with Gasteiger partial charge in [0.1, 0.15) is 5.82 Å². The molecule has 0 saturated heterocycles. The van der Waals surface area contributed by atoms with Gasteiger partial charge in [-0.05, 0) is 42.3 Å². The third-order valence-electron chi connectivity index (χ3n) is 4.36. The molecule has 2 N–H and O–H groups in total. The van der Waals surface area contributed by atoms with Crippen LogP contribution >= 0.6 is 0 Å². The van der Waals surface area contributed by atoms with Crippen LogP contribution in [-0.4, -0.2) is 24.4 Å². The van der Waals surface area contributed by atoms with Crippen LogP contribution in [-0.2, 0) is 20.7 Å². The Bertz CT molecular complexity index is 1100. The molecule has 6 nitrogen and oxygen atoms in total. The molecule has 0 radical (unpaired) electrons. The summed E-state index contributed by atoms with van der Waals surface area (Å²) in [7, 11) is 0. The van der Waals surface area contributed by atoms with E-state index < -0.39 is 24.3 Å². The fourth-order valence-corrected chi connectivity index (χ4v) is 2.86. The maximum atomic E-state index is 13.8. The van der Waals surface area contributed by atoms with Crippen LogP contribution in [0, 0.1) is 12.7 Å². The van der Waals surface area contributed by atoms with Crippen LogP contribution in [0.15, 0.2) is 72.8 Å². The van der Waals surface area contributed by atoms with Crippen molar-refractivity contribution < 1.29 is 23.5 Å². The van der Waals surface area contributed by atoms with Crippen LogP contribution in [0.2, 0.25) is 0 Å². The molecule has 3 rings (SSSR count). The smallest absolute Gasteiger partial charge is 0.340 e. The van der Waals surface area contributed by atoms with E-state index in [0.29, 0.717) is 5.56 Å². The van der Waals surface area contributed by atoms with E-state index in [0.717, 1.165) is 5.56 Å². The largest absolute Gasteiger partial charge is 0.452 e. The second-order valence-electron chi connectivity index (χ2n) is 6.86. The highest BCUT2D eigenvalue weighted by atomic mass is 19.1. The molecule has 0 aromatic heterocycles. The van der Waals surface area contributed by atoms with E-state index in [2.05, 4.69) is 10.6 Å². The van der Waals surface area contributed by atoms with Crippen molar-refractivity contribution >= 4 is 29.2 Å². The van der Waals surface area contributed by atoms with Crippen molar-refractivity contribution in [1.82, 2.24) is 0 Å². The number of benzene rings is 3. The van der Waals surface area contributed by atoms with Crippen molar-refractivity contribution in [1.29, 1.82) is 0 Å². The highest BCUT2D eigenvalue weighted by molar-refractivity contribution is 6.02. The van der Waals surface area contributed by atoms with E-state index in [1.54, 1.807) is 31.2 Å². The van der Waals surface area contributed by atoms with Crippen molar-refractivity contribution in [3.05, 3.63) is 95.3 Å². The van der Waals surface area contributed by atoms with Gasteiger partial charge in [0.2, 0.25) is 5.91 Å². The number of rotatable bonds is 7. The van der Waals surface area contributed by atoms with Crippen LogP contribution in [0.5, 0.6) is 0 Å². The summed E-state index contributed by atoms with van der Waals surface area (Å²) in [6.45, 7) is 1.13. The van der Waals surface area contributed by atoms with Gasteiger partial charge in [-0.3, -0.25) is 9.59 Å². The Balaban J connectivity index is 1.59. The first-order valence-corrected chi connectivity index (χ1v) is 9.58. The van der Waals surface area contributed by atoms with Gasteiger partial charge in [0.05, 0.1) is 23.4 Å². The van der Waals surface area contributed by atoms with E-state index >= 15 is 0 Å². The fraction of sp³-hybridized carbons (Fsp3) is 0.125. The minimum atomic E-state index is -0.782. The van der Waals surface area contributed by atoms with Gasteiger partial charge in [0.15, 0.2) is 6.61 Å². The summed E-state index contributed by atoms with van der Waals surface area (Å²) in [6.07, 6.45) is 0.148. The van der Waals surface area contributed by atoms with Gasteiger partial charge in [0, 0.05) is 0 Å². The number of nitrogens with one attached hydrogen (secondary N) is 2. The Morgan fingerprint density at radius 3 is 2.26 bits per heavy atom.